The minimum absolute atomic E-state index is 0.000490. The van der Waals surface area contributed by atoms with Gasteiger partial charge in [-0.1, -0.05) is 0 Å². The molecule has 4 aromatic rings. The van der Waals surface area contributed by atoms with Gasteiger partial charge in [0.1, 0.15) is 48.1 Å². The minimum atomic E-state index is -5.78. The zero-order chi connectivity index (χ0) is 55.2. The molecule has 2 saturated heterocycles. The summed E-state index contributed by atoms with van der Waals surface area (Å²) >= 11 is 0. The summed E-state index contributed by atoms with van der Waals surface area (Å²) < 4.78 is 116. The third-order valence-corrected chi connectivity index (χ3v) is 16.5. The van der Waals surface area contributed by atoms with Crippen molar-refractivity contribution in [1.82, 2.24) is 49.7 Å². The largest absolute Gasteiger partial charge is 0.490 e. The molecular weight excluding hydrogens is 1140 g/mol. The molecule has 0 spiro atoms. The summed E-state index contributed by atoms with van der Waals surface area (Å²) in [5.41, 5.74) is 22.6. The van der Waals surface area contributed by atoms with Crippen molar-refractivity contribution in [3.05, 3.63) is 25.3 Å². The van der Waals surface area contributed by atoms with Crippen LogP contribution in [0.3, 0.4) is 0 Å². The Morgan fingerprint density at radius 2 is 0.973 bits per heavy atom. The maximum Gasteiger partial charge on any atom is 0.490 e. The van der Waals surface area contributed by atoms with Gasteiger partial charge in [0.25, 0.3) is 0 Å². The Hall–Kier alpha value is -4.18. The summed E-state index contributed by atoms with van der Waals surface area (Å²) in [6, 6.07) is 0. The Labute approximate surface area is 410 Å². The molecule has 74 heavy (non-hydrogen) atoms. The van der Waals surface area contributed by atoms with Crippen LogP contribution in [0.25, 0.3) is 22.3 Å². The summed E-state index contributed by atoms with van der Waals surface area (Å²) in [4.78, 5) is 120. The van der Waals surface area contributed by atoms with Crippen LogP contribution in [0.15, 0.2) is 25.3 Å². The van der Waals surface area contributed by atoms with Gasteiger partial charge < -0.3 is 102 Å². The molecule has 12 atom stereocenters. The van der Waals surface area contributed by atoms with Gasteiger partial charge in [-0.15, -0.1) is 0 Å². The first-order chi connectivity index (χ1) is 34.2. The van der Waals surface area contributed by atoms with Gasteiger partial charge in [0.2, 0.25) is 0 Å². The lowest BCUT2D eigenvalue weighted by molar-refractivity contribution is -0.0522. The van der Waals surface area contributed by atoms with Crippen molar-refractivity contribution >= 4 is 93.1 Å². The van der Waals surface area contributed by atoms with Crippen LogP contribution in [0.2, 0.25) is 0 Å². The predicted molar refractivity (Wildman–Crippen MR) is 234 cm³/mol. The van der Waals surface area contributed by atoms with Gasteiger partial charge in [-0.05, 0) is 0 Å². The average Bonchev–Trinajstić information content (AvgIpc) is 4.03. The Morgan fingerprint density at radius 3 is 1.41 bits per heavy atom. The van der Waals surface area contributed by atoms with E-state index in [-0.39, 0.29) is 60.1 Å². The second kappa shape index (κ2) is 24.4. The van der Waals surface area contributed by atoms with E-state index >= 15 is 0 Å². The normalized spacial score (nSPS) is 25.5. The third-order valence-electron chi connectivity index (χ3n) is 8.89. The van der Waals surface area contributed by atoms with E-state index in [1.54, 1.807) is 0 Å². The number of rotatable bonds is 22. The molecule has 20 N–H and O–H groups in total. The summed E-state index contributed by atoms with van der Waals surface area (Å²) in [7, 11) is -33.8. The summed E-state index contributed by atoms with van der Waals surface area (Å²) in [5, 5.41) is 26.2. The van der Waals surface area contributed by atoms with E-state index in [1.807, 2.05) is 0 Å². The molecule has 4 aromatic heterocycles. The molecule has 0 aromatic carbocycles. The lowest BCUT2D eigenvalue weighted by Gasteiger charge is -2.22. The smallest absolute Gasteiger partial charge is 0.440 e. The van der Waals surface area contributed by atoms with Crippen molar-refractivity contribution < 1.29 is 132 Å². The number of fused-ring (bicyclic) bond motifs is 2. The number of aromatic nitrogens is 8. The number of aliphatic hydroxyl groups excluding tert-OH is 2. The SMILES string of the molecule is NCCNC(=O)O[C@@H]1[C@H](O)[C@@H](COP(=O)(O)OP(=O)(O)OP(=O)(O)O)O[C@H]1n1cnc2c(N)ncnc21.NCCNC(=O)O[C@H]1[C@@H](O)[C@H](n2cnc3c(N)ncnc32)O[C@@H]1COP(=O)(O)OP(=O)(O)OP(=O)(O)O. The molecule has 0 saturated carbocycles. The van der Waals surface area contributed by atoms with Crippen LogP contribution in [0.5, 0.6) is 0 Å². The third kappa shape index (κ3) is 16.9. The highest BCUT2D eigenvalue weighted by atomic mass is 31.3. The Bertz CT molecular complexity index is 2930. The van der Waals surface area contributed by atoms with Crippen LogP contribution in [-0.4, -0.2) is 177 Å². The number of nitrogens with one attached hydrogen (secondary N) is 2. The topological polar surface area (TPSA) is 646 Å². The first-order valence-corrected chi connectivity index (χ1v) is 28.7. The minimum Gasteiger partial charge on any atom is -0.440 e. The molecule has 42 nitrogen and oxygen atoms in total. The first kappa shape index (κ1) is 60.7. The molecule has 0 aliphatic carbocycles. The Kier molecular flexibility index (Phi) is 20.0. The van der Waals surface area contributed by atoms with Crippen molar-refractivity contribution in [1.29, 1.82) is 0 Å². The van der Waals surface area contributed by atoms with Crippen molar-refractivity contribution in [3.63, 3.8) is 0 Å². The number of hydrogen-bond acceptors (Lipinski definition) is 30. The van der Waals surface area contributed by atoms with Crippen LogP contribution in [-0.2, 0) is 72.6 Å². The number of nitrogens with two attached hydrogens (primary N) is 4. The first-order valence-electron chi connectivity index (χ1n) is 19.6. The lowest BCUT2D eigenvalue weighted by Crippen LogP contribution is -2.42. The van der Waals surface area contributed by atoms with E-state index in [0.29, 0.717) is 0 Å². The number of aliphatic hydroxyl groups is 2. The number of carbonyl (C=O) groups is 2. The van der Waals surface area contributed by atoms with Crippen molar-refractivity contribution in [2.45, 2.75) is 49.1 Å². The van der Waals surface area contributed by atoms with Gasteiger partial charge in [-0.25, -0.2) is 66.9 Å². The molecule has 2 amide bonds. The molecule has 2 aliphatic rings. The number of phosphoric acid groups is 6. The molecular formula is C26H44N14O28P6. The number of nitrogens with zero attached hydrogens (tertiary/aromatic N) is 8. The monoisotopic (exact) mass is 1190 g/mol. The van der Waals surface area contributed by atoms with Gasteiger partial charge >= 0.3 is 59.1 Å². The van der Waals surface area contributed by atoms with Crippen molar-refractivity contribution in [3.8, 4) is 0 Å². The second-order valence-electron chi connectivity index (χ2n) is 14.2. The van der Waals surface area contributed by atoms with E-state index in [1.165, 1.54) is 21.8 Å². The maximum absolute atomic E-state index is 12.1. The quantitative estimate of drug-likeness (QED) is 0.0335. The van der Waals surface area contributed by atoms with Crippen LogP contribution < -0.4 is 33.6 Å². The van der Waals surface area contributed by atoms with Gasteiger partial charge in [0, 0.05) is 26.2 Å². The van der Waals surface area contributed by atoms with Crippen LogP contribution in [0.4, 0.5) is 21.2 Å². The summed E-state index contributed by atoms with van der Waals surface area (Å²) in [6.45, 7) is -1.88. The number of alkyl carbamates (subject to hydrolysis) is 2. The van der Waals surface area contributed by atoms with E-state index in [4.69, 9.17) is 61.5 Å². The maximum atomic E-state index is 12.1. The number of hydrogen-bond donors (Lipinski definition) is 16. The van der Waals surface area contributed by atoms with Gasteiger partial charge in [0.05, 0.1) is 25.9 Å². The van der Waals surface area contributed by atoms with E-state index in [0.717, 1.165) is 12.7 Å². The van der Waals surface area contributed by atoms with Crippen LogP contribution >= 0.6 is 46.9 Å². The predicted octanol–water partition coefficient (Wildman–Crippen LogP) is -3.87. The number of anilines is 2. The van der Waals surface area contributed by atoms with Crippen LogP contribution in [0, 0.1) is 0 Å². The van der Waals surface area contributed by atoms with E-state index in [9.17, 15) is 66.8 Å². The molecule has 6 rings (SSSR count). The zero-order valence-electron chi connectivity index (χ0n) is 36.6. The molecule has 0 radical (unpaired) electrons. The molecule has 0 bridgehead atoms. The number of imidazole rings is 2. The molecule has 6 heterocycles. The fourth-order valence-corrected chi connectivity index (χ4v) is 12.2. The van der Waals surface area contributed by atoms with E-state index < -0.39 is 121 Å². The fourth-order valence-electron chi connectivity index (χ4n) is 6.17. The second-order valence-corrected chi connectivity index (χ2v) is 23.1. The van der Waals surface area contributed by atoms with Crippen LogP contribution in [0.1, 0.15) is 12.5 Å². The highest BCUT2D eigenvalue weighted by molar-refractivity contribution is 7.67. The highest BCUT2D eigenvalue weighted by Gasteiger charge is 2.51. The standard InChI is InChI=1S/2C13H22N7O14P3/c14-1-2-16-13(22)32-9-6(3-30-36(26,27)34-37(28,29)33-35(23,24)25)31-12(8(9)21)20-5-19-7-10(15)17-4-18-11(7)20;14-1-2-16-13(22)32-9-8(21)6(3-30-36(26,27)34-37(28,29)33-35(23,24)25)31-12(9)20-5-19-7-10(15)17-4-18-11(7)20/h2*4-6,8-9,12,21H,1-3,14H2,(H,16,22)(H,26,27)(H,28,29)(H2,15,17,18)(H2,23,24,25)/t2*6-,8-,9-,12-/m11/s1. The molecule has 416 valence electrons. The highest BCUT2D eigenvalue weighted by Crippen LogP contribution is 2.67. The molecule has 48 heteroatoms. The van der Waals surface area contributed by atoms with Gasteiger partial charge in [-0.3, -0.25) is 18.2 Å². The van der Waals surface area contributed by atoms with Gasteiger partial charge in [-0.2, -0.15) is 17.2 Å². The Morgan fingerprint density at radius 1 is 0.568 bits per heavy atom. The average molecular weight is 1190 g/mol. The van der Waals surface area contributed by atoms with Crippen molar-refractivity contribution in [2.24, 2.45) is 11.5 Å². The van der Waals surface area contributed by atoms with E-state index in [2.05, 4.69) is 66.8 Å². The molecule has 4 unspecified atom stereocenters. The molecule has 2 aliphatic heterocycles. The number of nitrogen functional groups attached to an aromatic ring is 2. The molecule has 2 fully saturated rings. The van der Waals surface area contributed by atoms with Gasteiger partial charge in [0.15, 0.2) is 47.6 Å². The number of ether oxygens (including phenoxy) is 4. The Balaban J connectivity index is 0.000000274. The number of carbonyl (C=O) groups excluding carboxylic acids is 2. The zero-order valence-corrected chi connectivity index (χ0v) is 41.9. The summed E-state index contributed by atoms with van der Waals surface area (Å²) in [6.07, 6.45) is -9.74. The lowest BCUT2D eigenvalue weighted by atomic mass is 10.1. The number of phosphoric ester groups is 2. The fraction of sp³-hybridized carbons (Fsp3) is 0.538. The number of amides is 2. The van der Waals surface area contributed by atoms with Crippen molar-refractivity contribution in [2.75, 3.05) is 50.9 Å². The summed E-state index contributed by atoms with van der Waals surface area (Å²) in [5.74, 6) is 0.0130.